The molecule has 11 heavy (non-hydrogen) atoms. The van der Waals surface area contributed by atoms with Gasteiger partial charge in [0.2, 0.25) is 0 Å². The van der Waals surface area contributed by atoms with Gasteiger partial charge in [0.1, 0.15) is 0 Å². The van der Waals surface area contributed by atoms with E-state index in [1.165, 1.54) is 0 Å². The van der Waals surface area contributed by atoms with Gasteiger partial charge < -0.3 is 11.1 Å². The van der Waals surface area contributed by atoms with Crippen molar-refractivity contribution in [3.8, 4) is 0 Å². The van der Waals surface area contributed by atoms with Gasteiger partial charge in [-0.05, 0) is 32.5 Å². The van der Waals surface area contributed by atoms with Crippen LogP contribution in [0.25, 0.3) is 0 Å². The molecule has 0 aromatic heterocycles. The minimum absolute atomic E-state index is 0.694. The van der Waals surface area contributed by atoms with Gasteiger partial charge in [-0.25, -0.2) is 10.4 Å². The second-order valence-corrected chi connectivity index (χ2v) is 2.24. The van der Waals surface area contributed by atoms with Gasteiger partial charge in [-0.1, -0.05) is 0 Å². The summed E-state index contributed by atoms with van der Waals surface area (Å²) in [6.07, 6.45) is 1.99. The molecule has 0 aromatic rings. The van der Waals surface area contributed by atoms with Crippen molar-refractivity contribution in [2.24, 2.45) is 10.7 Å². The van der Waals surface area contributed by atoms with Gasteiger partial charge in [-0.2, -0.15) is 0 Å². The predicted octanol–water partition coefficient (Wildman–Crippen LogP) is 0.0676. The highest BCUT2D eigenvalue weighted by molar-refractivity contribution is 5.35. The first-order valence-electron chi connectivity index (χ1n) is 3.91. The van der Waals surface area contributed by atoms with E-state index < -0.39 is 0 Å². The van der Waals surface area contributed by atoms with E-state index in [0.717, 1.165) is 32.5 Å². The number of hydrogen-bond acceptors (Lipinski definition) is 4. The second-order valence-electron chi connectivity index (χ2n) is 2.24. The van der Waals surface area contributed by atoms with E-state index in [2.05, 4.69) is 10.3 Å². The predicted molar refractivity (Wildman–Crippen MR) is 46.2 cm³/mol. The Hall–Kier alpha value is -0.700. The number of nitrogens with two attached hydrogens (primary N) is 1. The summed E-state index contributed by atoms with van der Waals surface area (Å²) in [5, 5.41) is 9.71. The van der Waals surface area contributed by atoms with Crippen LogP contribution in [0, 0.1) is 5.41 Å². The zero-order valence-electron chi connectivity index (χ0n) is 6.77. The van der Waals surface area contributed by atoms with E-state index >= 15 is 0 Å². The molecule has 0 saturated heterocycles. The third-order valence-electron chi connectivity index (χ3n) is 1.26. The van der Waals surface area contributed by atoms with Crippen LogP contribution in [0.15, 0.2) is 4.99 Å². The Kier molecular flexibility index (Phi) is 8.71. The number of rotatable bonds is 7. The highest BCUT2D eigenvalue weighted by Crippen LogP contribution is 1.77. The van der Waals surface area contributed by atoms with Gasteiger partial charge in [0.05, 0.1) is 12.6 Å². The SMILES string of the molecule is N=C=NCCCNCCCN. The molecule has 0 aliphatic carbocycles. The van der Waals surface area contributed by atoms with Crippen LogP contribution in [-0.2, 0) is 0 Å². The molecule has 0 aliphatic heterocycles. The Morgan fingerprint density at radius 1 is 1.36 bits per heavy atom. The number of hydrogen-bond donors (Lipinski definition) is 3. The molecule has 0 spiro atoms. The first-order valence-corrected chi connectivity index (χ1v) is 3.91. The molecule has 0 atom stereocenters. The molecule has 4 nitrogen and oxygen atoms in total. The highest BCUT2D eigenvalue weighted by atomic mass is 14.9. The van der Waals surface area contributed by atoms with Crippen LogP contribution in [0.2, 0.25) is 0 Å². The Balaban J connectivity index is 2.84. The van der Waals surface area contributed by atoms with Gasteiger partial charge in [-0.15, -0.1) is 0 Å². The normalized spacial score (nSPS) is 9.18. The monoisotopic (exact) mass is 156 g/mol. The molecule has 4 N–H and O–H groups in total. The summed E-state index contributed by atoms with van der Waals surface area (Å²) in [6, 6.07) is 2.00. The van der Waals surface area contributed by atoms with E-state index in [1.54, 1.807) is 0 Å². The molecule has 0 amide bonds. The number of nitrogens with one attached hydrogen (secondary N) is 2. The van der Waals surface area contributed by atoms with E-state index in [4.69, 9.17) is 11.1 Å². The number of aliphatic imine (C=N–C) groups is 1. The molecular formula is C7H16N4. The summed E-state index contributed by atoms with van der Waals surface area (Å²) >= 11 is 0. The summed E-state index contributed by atoms with van der Waals surface area (Å²) in [5.41, 5.74) is 5.30. The van der Waals surface area contributed by atoms with Gasteiger partial charge in [0, 0.05) is 0 Å². The lowest BCUT2D eigenvalue weighted by molar-refractivity contribution is 0.632. The first-order chi connectivity index (χ1) is 5.41. The summed E-state index contributed by atoms with van der Waals surface area (Å²) in [5.74, 6) is 0. The Morgan fingerprint density at radius 2 is 2.09 bits per heavy atom. The van der Waals surface area contributed by atoms with Crippen LogP contribution < -0.4 is 11.1 Å². The molecule has 0 radical (unpaired) electrons. The first kappa shape index (κ1) is 10.3. The molecule has 0 aromatic carbocycles. The standard InChI is InChI=1S/C7H16N4/c8-3-1-4-10-5-2-6-11-7-9/h9-10H,1-6,8H2. The third kappa shape index (κ3) is 9.30. The maximum absolute atomic E-state index is 6.50. The number of nitrogens with zero attached hydrogens (tertiary/aromatic N) is 1. The molecule has 0 unspecified atom stereocenters. The fraction of sp³-hybridized carbons (Fsp3) is 0.857. The molecule has 4 heteroatoms. The van der Waals surface area contributed by atoms with Crippen LogP contribution in [0.5, 0.6) is 0 Å². The largest absolute Gasteiger partial charge is 0.330 e. The topological polar surface area (TPSA) is 74.3 Å². The average Bonchev–Trinajstić information content (AvgIpc) is 2.03. The van der Waals surface area contributed by atoms with E-state index in [0.29, 0.717) is 6.54 Å². The summed E-state index contributed by atoms with van der Waals surface area (Å²) in [4.78, 5) is 3.64. The molecule has 0 aliphatic rings. The lowest BCUT2D eigenvalue weighted by Gasteiger charge is -1.99. The summed E-state index contributed by atoms with van der Waals surface area (Å²) in [7, 11) is 0. The van der Waals surface area contributed by atoms with E-state index in [9.17, 15) is 0 Å². The van der Waals surface area contributed by atoms with E-state index in [1.807, 2.05) is 6.01 Å². The lowest BCUT2D eigenvalue weighted by atomic mass is 10.4. The highest BCUT2D eigenvalue weighted by Gasteiger charge is 1.85. The minimum atomic E-state index is 0.694. The molecule has 0 heterocycles. The van der Waals surface area contributed by atoms with Crippen molar-refractivity contribution in [2.45, 2.75) is 12.8 Å². The van der Waals surface area contributed by atoms with Crippen molar-refractivity contribution in [2.75, 3.05) is 26.2 Å². The minimum Gasteiger partial charge on any atom is -0.330 e. The maximum atomic E-state index is 6.50. The van der Waals surface area contributed by atoms with Crippen molar-refractivity contribution in [1.29, 1.82) is 5.41 Å². The van der Waals surface area contributed by atoms with Crippen molar-refractivity contribution in [3.05, 3.63) is 0 Å². The molecule has 0 saturated carbocycles. The zero-order valence-corrected chi connectivity index (χ0v) is 6.77. The molecule has 0 rings (SSSR count). The van der Waals surface area contributed by atoms with Crippen LogP contribution in [0.1, 0.15) is 12.8 Å². The van der Waals surface area contributed by atoms with Crippen LogP contribution in [0.3, 0.4) is 0 Å². The van der Waals surface area contributed by atoms with Gasteiger partial charge in [0.15, 0.2) is 0 Å². The van der Waals surface area contributed by atoms with Crippen molar-refractivity contribution >= 4 is 6.01 Å². The summed E-state index contributed by atoms with van der Waals surface area (Å²) in [6.45, 7) is 3.36. The Labute approximate surface area is 67.4 Å². The van der Waals surface area contributed by atoms with Crippen molar-refractivity contribution in [3.63, 3.8) is 0 Å². The average molecular weight is 156 g/mol. The fourth-order valence-corrected chi connectivity index (χ4v) is 0.691. The molecule has 64 valence electrons. The molecule has 0 bridgehead atoms. The maximum Gasteiger partial charge on any atom is 0.0861 e. The van der Waals surface area contributed by atoms with Crippen LogP contribution in [0.4, 0.5) is 0 Å². The lowest BCUT2D eigenvalue weighted by Crippen LogP contribution is -2.19. The fourth-order valence-electron chi connectivity index (χ4n) is 0.691. The summed E-state index contributed by atoms with van der Waals surface area (Å²) < 4.78 is 0. The Morgan fingerprint density at radius 3 is 2.73 bits per heavy atom. The van der Waals surface area contributed by atoms with Gasteiger partial charge >= 0.3 is 0 Å². The quantitative estimate of drug-likeness (QED) is 0.360. The Bertz CT molecular complexity index is 118. The molecular weight excluding hydrogens is 140 g/mol. The zero-order chi connectivity index (χ0) is 8.36. The van der Waals surface area contributed by atoms with E-state index in [-0.39, 0.29) is 0 Å². The smallest absolute Gasteiger partial charge is 0.0861 e. The third-order valence-corrected chi connectivity index (χ3v) is 1.26. The van der Waals surface area contributed by atoms with Crippen LogP contribution in [-0.4, -0.2) is 32.2 Å². The molecule has 0 fully saturated rings. The van der Waals surface area contributed by atoms with Crippen molar-refractivity contribution in [1.82, 2.24) is 5.32 Å². The van der Waals surface area contributed by atoms with Crippen molar-refractivity contribution < 1.29 is 0 Å². The van der Waals surface area contributed by atoms with Gasteiger partial charge in [-0.3, -0.25) is 0 Å². The van der Waals surface area contributed by atoms with Gasteiger partial charge in [0.25, 0.3) is 0 Å². The second kappa shape index (κ2) is 9.30. The van der Waals surface area contributed by atoms with Crippen LogP contribution >= 0.6 is 0 Å².